The molecule has 1 amide bonds. The van der Waals surface area contributed by atoms with Crippen molar-refractivity contribution in [1.82, 2.24) is 5.32 Å². The van der Waals surface area contributed by atoms with Gasteiger partial charge in [-0.25, -0.2) is 18.4 Å². The molecule has 2 aromatic rings. The molecule has 0 aliphatic carbocycles. The number of hydrogen-bond acceptors (Lipinski definition) is 4. The lowest BCUT2D eigenvalue weighted by Gasteiger charge is -2.08. The van der Waals surface area contributed by atoms with Crippen LogP contribution >= 0.6 is 0 Å². The van der Waals surface area contributed by atoms with Gasteiger partial charge in [-0.05, 0) is 48.9 Å². The van der Waals surface area contributed by atoms with Crippen molar-refractivity contribution in [2.45, 2.75) is 37.1 Å². The van der Waals surface area contributed by atoms with Crippen LogP contribution in [0.4, 0.5) is 4.79 Å². The number of carbonyl (C=O) groups is 1. The highest BCUT2D eigenvalue weighted by atomic mass is 32.2. The highest BCUT2D eigenvalue weighted by Gasteiger charge is 2.07. The molecule has 0 aliphatic heterocycles. The summed E-state index contributed by atoms with van der Waals surface area (Å²) < 4.78 is 27.5. The van der Waals surface area contributed by atoms with Crippen molar-refractivity contribution in [2.24, 2.45) is 5.14 Å². The van der Waals surface area contributed by atoms with Crippen molar-refractivity contribution in [3.05, 3.63) is 65.7 Å². The minimum atomic E-state index is -3.70. The van der Waals surface area contributed by atoms with E-state index in [1.54, 1.807) is 12.1 Å². The lowest BCUT2D eigenvalue weighted by Crippen LogP contribution is -2.24. The summed E-state index contributed by atoms with van der Waals surface area (Å²) in [7, 11) is -3.70. The lowest BCUT2D eigenvalue weighted by molar-refractivity contribution is 0.143. The minimum absolute atomic E-state index is 0.0410. The van der Waals surface area contributed by atoms with Gasteiger partial charge in [0.25, 0.3) is 0 Å². The van der Waals surface area contributed by atoms with Gasteiger partial charge in [-0.2, -0.15) is 0 Å². The highest BCUT2D eigenvalue weighted by molar-refractivity contribution is 7.89. The van der Waals surface area contributed by atoms with Crippen LogP contribution in [-0.4, -0.2) is 21.1 Å². The normalized spacial score (nSPS) is 11.1. The predicted molar refractivity (Wildman–Crippen MR) is 100.0 cm³/mol. The summed E-state index contributed by atoms with van der Waals surface area (Å²) in [6.45, 7) is 0.642. The van der Waals surface area contributed by atoms with E-state index < -0.39 is 16.1 Å². The van der Waals surface area contributed by atoms with Crippen molar-refractivity contribution in [1.29, 1.82) is 0 Å². The summed E-state index contributed by atoms with van der Waals surface area (Å²) in [6, 6.07) is 16.3. The maximum absolute atomic E-state index is 11.6. The summed E-state index contributed by atoms with van der Waals surface area (Å²) in [4.78, 5) is 11.7. The second-order valence-electron chi connectivity index (χ2n) is 5.97. The maximum Gasteiger partial charge on any atom is 0.407 e. The molecule has 0 aliphatic rings. The zero-order valence-corrected chi connectivity index (χ0v) is 15.4. The monoisotopic (exact) mass is 376 g/mol. The molecular formula is C19H24N2O4S. The molecule has 0 spiro atoms. The first kappa shape index (κ1) is 19.9. The fourth-order valence-corrected chi connectivity index (χ4v) is 2.96. The average Bonchev–Trinajstić information content (AvgIpc) is 2.63. The van der Waals surface area contributed by atoms with Gasteiger partial charge >= 0.3 is 6.09 Å². The van der Waals surface area contributed by atoms with Gasteiger partial charge in [0.05, 0.1) is 11.5 Å². The predicted octanol–water partition coefficient (Wildman–Crippen LogP) is 2.97. The number of carbonyl (C=O) groups excluding carboxylic acids is 1. The fourth-order valence-electron chi connectivity index (χ4n) is 2.44. The number of unbranched alkanes of at least 4 members (excludes halogenated alkanes) is 2. The van der Waals surface area contributed by atoms with Crippen LogP contribution in [0.5, 0.6) is 0 Å². The second kappa shape index (κ2) is 9.94. The van der Waals surface area contributed by atoms with Gasteiger partial charge in [0.2, 0.25) is 10.0 Å². The molecule has 140 valence electrons. The number of primary sulfonamides is 1. The topological polar surface area (TPSA) is 98.5 Å². The van der Waals surface area contributed by atoms with Gasteiger partial charge in [-0.3, -0.25) is 0 Å². The Morgan fingerprint density at radius 1 is 0.923 bits per heavy atom. The van der Waals surface area contributed by atoms with E-state index in [0.29, 0.717) is 6.61 Å². The number of nitrogens with two attached hydrogens (primary N) is 1. The molecule has 2 aromatic carbocycles. The maximum atomic E-state index is 11.6. The highest BCUT2D eigenvalue weighted by Crippen LogP contribution is 2.09. The number of alkyl carbamates (subject to hydrolysis) is 1. The Balaban J connectivity index is 1.57. The number of benzene rings is 2. The van der Waals surface area contributed by atoms with E-state index in [-0.39, 0.29) is 11.4 Å². The Kier molecular flexibility index (Phi) is 7.62. The van der Waals surface area contributed by atoms with Crippen LogP contribution < -0.4 is 10.5 Å². The molecule has 0 heterocycles. The summed E-state index contributed by atoms with van der Waals surface area (Å²) >= 11 is 0. The van der Waals surface area contributed by atoms with Crippen molar-refractivity contribution < 1.29 is 17.9 Å². The summed E-state index contributed by atoms with van der Waals surface area (Å²) in [5, 5.41) is 7.67. The van der Waals surface area contributed by atoms with Crippen LogP contribution in [0.2, 0.25) is 0 Å². The average molecular weight is 376 g/mol. The molecule has 0 saturated heterocycles. The fraction of sp³-hybridized carbons (Fsp3) is 0.316. The third-order valence-electron chi connectivity index (χ3n) is 3.87. The summed E-state index contributed by atoms with van der Waals surface area (Å²) in [6.07, 6.45) is 3.43. The van der Waals surface area contributed by atoms with Crippen molar-refractivity contribution in [2.75, 3.05) is 6.61 Å². The summed E-state index contributed by atoms with van der Waals surface area (Å²) in [5.74, 6) is 0. The number of nitrogens with one attached hydrogen (secondary N) is 1. The Labute approximate surface area is 154 Å². The number of sulfonamides is 1. The van der Waals surface area contributed by atoms with Crippen LogP contribution in [0.1, 0.15) is 30.4 Å². The molecule has 3 N–H and O–H groups in total. The second-order valence-corrected chi connectivity index (χ2v) is 7.54. The summed E-state index contributed by atoms with van der Waals surface area (Å²) in [5.41, 5.74) is 2.08. The van der Waals surface area contributed by atoms with Gasteiger partial charge in [0.1, 0.15) is 0 Å². The standard InChI is InChI=1S/C19H24N2O4S/c20-26(23,24)18-12-10-17(11-13-18)15-21-19(22)25-14-6-2-5-9-16-7-3-1-4-8-16/h1,3-4,7-8,10-13H,2,5-6,9,14-15H2,(H,21,22)(H2,20,23,24). The smallest absolute Gasteiger partial charge is 0.407 e. The van der Waals surface area contributed by atoms with E-state index in [9.17, 15) is 13.2 Å². The van der Waals surface area contributed by atoms with Gasteiger partial charge in [0, 0.05) is 6.54 Å². The van der Waals surface area contributed by atoms with E-state index in [4.69, 9.17) is 9.88 Å². The quantitative estimate of drug-likeness (QED) is 0.657. The molecule has 0 bridgehead atoms. The number of amides is 1. The van der Waals surface area contributed by atoms with Crippen molar-refractivity contribution in [3.8, 4) is 0 Å². The molecule has 0 atom stereocenters. The van der Waals surface area contributed by atoms with E-state index in [1.807, 2.05) is 18.2 Å². The van der Waals surface area contributed by atoms with E-state index in [1.165, 1.54) is 17.7 Å². The zero-order chi connectivity index (χ0) is 18.8. The Morgan fingerprint density at radius 3 is 2.27 bits per heavy atom. The van der Waals surface area contributed by atoms with Crippen LogP contribution in [0.3, 0.4) is 0 Å². The molecule has 7 heteroatoms. The number of aryl methyl sites for hydroxylation is 1. The van der Waals surface area contributed by atoms with Gasteiger partial charge in [-0.15, -0.1) is 0 Å². The van der Waals surface area contributed by atoms with Crippen LogP contribution in [0.15, 0.2) is 59.5 Å². The molecule has 0 saturated carbocycles. The molecule has 26 heavy (non-hydrogen) atoms. The Bertz CT molecular complexity index is 790. The largest absolute Gasteiger partial charge is 0.450 e. The van der Waals surface area contributed by atoms with Gasteiger partial charge < -0.3 is 10.1 Å². The number of ether oxygens (including phenoxy) is 1. The zero-order valence-electron chi connectivity index (χ0n) is 14.6. The lowest BCUT2D eigenvalue weighted by atomic mass is 10.1. The molecule has 0 aromatic heterocycles. The molecular weight excluding hydrogens is 352 g/mol. The third-order valence-corrected chi connectivity index (χ3v) is 4.80. The van der Waals surface area contributed by atoms with Crippen molar-refractivity contribution >= 4 is 16.1 Å². The molecule has 0 fully saturated rings. The molecule has 0 radical (unpaired) electrons. The molecule has 6 nitrogen and oxygen atoms in total. The first-order valence-corrected chi connectivity index (χ1v) is 10.1. The Hall–Kier alpha value is -2.38. The van der Waals surface area contributed by atoms with E-state index >= 15 is 0 Å². The van der Waals surface area contributed by atoms with Crippen LogP contribution in [-0.2, 0) is 27.7 Å². The van der Waals surface area contributed by atoms with Crippen LogP contribution in [0.25, 0.3) is 0 Å². The molecule has 2 rings (SSSR count). The van der Waals surface area contributed by atoms with Crippen LogP contribution in [0, 0.1) is 0 Å². The minimum Gasteiger partial charge on any atom is -0.450 e. The Morgan fingerprint density at radius 2 is 1.62 bits per heavy atom. The number of hydrogen-bond donors (Lipinski definition) is 2. The first-order chi connectivity index (χ1) is 12.4. The van der Waals surface area contributed by atoms with Gasteiger partial charge in [0.15, 0.2) is 0 Å². The first-order valence-electron chi connectivity index (χ1n) is 8.51. The van der Waals surface area contributed by atoms with Crippen molar-refractivity contribution in [3.63, 3.8) is 0 Å². The number of rotatable bonds is 9. The SMILES string of the molecule is NS(=O)(=O)c1ccc(CNC(=O)OCCCCCc2ccccc2)cc1. The van der Waals surface area contributed by atoms with Gasteiger partial charge in [-0.1, -0.05) is 42.5 Å². The molecule has 0 unspecified atom stereocenters. The van der Waals surface area contributed by atoms with E-state index in [0.717, 1.165) is 31.2 Å². The van der Waals surface area contributed by atoms with E-state index in [2.05, 4.69) is 17.4 Å². The third kappa shape index (κ3) is 7.25.